The minimum Gasteiger partial charge on any atom is -0.394 e. The molecule has 0 unspecified atom stereocenters. The molecule has 1 amide bonds. The van der Waals surface area contributed by atoms with Crippen LogP contribution in [0.5, 0.6) is 0 Å². The third-order valence-electron chi connectivity index (χ3n) is 6.31. The molecule has 196 valence electrons. The van der Waals surface area contributed by atoms with Crippen molar-refractivity contribution < 1.29 is 19.5 Å². The van der Waals surface area contributed by atoms with E-state index in [1.807, 2.05) is 50.2 Å². The Morgan fingerprint density at radius 3 is 2.55 bits per heavy atom. The maximum absolute atomic E-state index is 12.3. The molecular weight excluding hydrogens is 486 g/mol. The first kappa shape index (κ1) is 25.3. The Morgan fingerprint density at radius 1 is 1.11 bits per heavy atom. The van der Waals surface area contributed by atoms with Crippen molar-refractivity contribution in [1.82, 2.24) is 25.4 Å². The van der Waals surface area contributed by atoms with Crippen LogP contribution >= 0.6 is 0 Å². The number of aliphatic hydroxyl groups excluding tert-OH is 1. The van der Waals surface area contributed by atoms with Gasteiger partial charge >= 0.3 is 0 Å². The second-order valence-corrected chi connectivity index (χ2v) is 10.2. The van der Waals surface area contributed by atoms with Crippen LogP contribution in [0.2, 0.25) is 0 Å². The monoisotopic (exact) mass is 515 g/mol. The Kier molecular flexibility index (Phi) is 6.33. The SMILES string of the molecule is CC(C)(O)c1noc(-c2cnc(Nc3ccc4c(c3)C(C)(C)NC4=O)nc2N[C@H](CO)c2ccccc2)n1. The van der Waals surface area contributed by atoms with Crippen molar-refractivity contribution in [1.29, 1.82) is 0 Å². The van der Waals surface area contributed by atoms with Gasteiger partial charge in [0.05, 0.1) is 18.2 Å². The number of amides is 1. The van der Waals surface area contributed by atoms with Gasteiger partial charge in [0.15, 0.2) is 0 Å². The summed E-state index contributed by atoms with van der Waals surface area (Å²) < 4.78 is 5.42. The maximum atomic E-state index is 12.3. The lowest BCUT2D eigenvalue weighted by atomic mass is 9.94. The number of rotatable bonds is 8. The molecule has 2 aromatic heterocycles. The molecule has 11 nitrogen and oxygen atoms in total. The van der Waals surface area contributed by atoms with Crippen LogP contribution in [0.25, 0.3) is 11.5 Å². The summed E-state index contributed by atoms with van der Waals surface area (Å²) in [5, 5.41) is 33.7. The molecule has 11 heteroatoms. The molecule has 2 aromatic carbocycles. The van der Waals surface area contributed by atoms with Crippen LogP contribution in [-0.2, 0) is 11.1 Å². The Hall–Kier alpha value is -4.35. The molecule has 0 aliphatic carbocycles. The van der Waals surface area contributed by atoms with Crippen LogP contribution in [0, 0.1) is 0 Å². The largest absolute Gasteiger partial charge is 0.394 e. The second-order valence-electron chi connectivity index (χ2n) is 10.2. The molecule has 0 fully saturated rings. The normalized spacial score (nSPS) is 15.1. The van der Waals surface area contributed by atoms with Crippen LogP contribution in [0.15, 0.2) is 59.3 Å². The number of anilines is 3. The number of nitrogens with one attached hydrogen (secondary N) is 3. The highest BCUT2D eigenvalue weighted by Gasteiger charge is 2.35. The van der Waals surface area contributed by atoms with Crippen molar-refractivity contribution in [3.8, 4) is 11.5 Å². The van der Waals surface area contributed by atoms with E-state index in [9.17, 15) is 15.0 Å². The van der Waals surface area contributed by atoms with E-state index >= 15 is 0 Å². The van der Waals surface area contributed by atoms with Crippen LogP contribution in [-0.4, -0.2) is 42.8 Å². The summed E-state index contributed by atoms with van der Waals surface area (Å²) >= 11 is 0. The smallest absolute Gasteiger partial charge is 0.263 e. The molecular formula is C27H29N7O4. The number of nitrogens with zero attached hydrogens (tertiary/aromatic N) is 4. The van der Waals surface area contributed by atoms with Crippen molar-refractivity contribution in [3.05, 3.63) is 77.2 Å². The van der Waals surface area contributed by atoms with E-state index in [4.69, 9.17) is 4.52 Å². The summed E-state index contributed by atoms with van der Waals surface area (Å²) in [5.74, 6) is 0.744. The number of hydrogen-bond acceptors (Lipinski definition) is 10. The number of fused-ring (bicyclic) bond motifs is 1. The fourth-order valence-electron chi connectivity index (χ4n) is 4.26. The van der Waals surface area contributed by atoms with Gasteiger partial charge in [0.2, 0.25) is 11.8 Å². The van der Waals surface area contributed by atoms with Crippen molar-refractivity contribution in [2.24, 2.45) is 0 Å². The molecule has 0 saturated carbocycles. The first-order valence-corrected chi connectivity index (χ1v) is 12.2. The highest BCUT2D eigenvalue weighted by atomic mass is 16.5. The lowest BCUT2D eigenvalue weighted by Crippen LogP contribution is -2.32. The number of carbonyl (C=O) groups excluding carboxylic acids is 1. The number of hydrogen-bond donors (Lipinski definition) is 5. The van der Waals surface area contributed by atoms with E-state index < -0.39 is 17.2 Å². The standard InChI is InChI=1S/C27H29N7O4/c1-26(2)19-12-16(10-11-17(19)22(36)33-26)29-25-28-13-18(23-32-24(34-38-23)27(3,4)37)21(31-25)30-20(14-35)15-8-6-5-7-9-15/h5-13,20,35,37H,14H2,1-4H3,(H,33,36)(H2,28,29,30,31)/t20-/m1/s1. The quantitative estimate of drug-likeness (QED) is 0.235. The molecule has 38 heavy (non-hydrogen) atoms. The van der Waals surface area contributed by atoms with Crippen LogP contribution < -0.4 is 16.0 Å². The Bertz CT molecular complexity index is 1480. The molecule has 1 atom stereocenters. The second kappa shape index (κ2) is 9.51. The number of benzene rings is 2. The summed E-state index contributed by atoms with van der Waals surface area (Å²) in [7, 11) is 0. The highest BCUT2D eigenvalue weighted by Crippen LogP contribution is 2.34. The number of aromatic nitrogens is 4. The average Bonchev–Trinajstić information content (AvgIpc) is 3.46. The third-order valence-corrected chi connectivity index (χ3v) is 6.31. The van der Waals surface area contributed by atoms with Crippen molar-refractivity contribution in [2.45, 2.75) is 44.9 Å². The summed E-state index contributed by atoms with van der Waals surface area (Å²) in [6, 6.07) is 14.4. The fraction of sp³-hybridized carbons (Fsp3) is 0.296. The van der Waals surface area contributed by atoms with Gasteiger partial charge in [-0.05, 0) is 57.0 Å². The lowest BCUT2D eigenvalue weighted by Gasteiger charge is -2.20. The molecule has 4 aromatic rings. The van der Waals surface area contributed by atoms with Crippen molar-refractivity contribution in [2.75, 3.05) is 17.2 Å². The zero-order valence-corrected chi connectivity index (χ0v) is 21.5. The Balaban J connectivity index is 1.52. The zero-order valence-electron chi connectivity index (χ0n) is 21.5. The van der Waals surface area contributed by atoms with Gasteiger partial charge in [-0.15, -0.1) is 0 Å². The van der Waals surface area contributed by atoms with E-state index in [0.29, 0.717) is 22.6 Å². The highest BCUT2D eigenvalue weighted by molar-refractivity contribution is 6.00. The molecule has 1 aliphatic heterocycles. The predicted molar refractivity (Wildman–Crippen MR) is 141 cm³/mol. The van der Waals surface area contributed by atoms with Crippen LogP contribution in [0.4, 0.5) is 17.5 Å². The first-order chi connectivity index (χ1) is 18.0. The molecule has 1 aliphatic rings. The van der Waals surface area contributed by atoms with Gasteiger partial charge in [-0.2, -0.15) is 9.97 Å². The molecule has 5 rings (SSSR count). The number of carbonyl (C=O) groups is 1. The van der Waals surface area contributed by atoms with Gasteiger partial charge < -0.3 is 30.7 Å². The summed E-state index contributed by atoms with van der Waals surface area (Å²) in [6.07, 6.45) is 1.53. The molecule has 0 saturated heterocycles. The van der Waals surface area contributed by atoms with Gasteiger partial charge in [0.1, 0.15) is 17.0 Å². The van der Waals surface area contributed by atoms with E-state index in [0.717, 1.165) is 11.1 Å². The lowest BCUT2D eigenvalue weighted by molar-refractivity contribution is 0.0661. The van der Waals surface area contributed by atoms with E-state index in [-0.39, 0.29) is 30.2 Å². The molecule has 3 heterocycles. The summed E-state index contributed by atoms with van der Waals surface area (Å²) in [5.41, 5.74) is 1.67. The van der Waals surface area contributed by atoms with Crippen molar-refractivity contribution in [3.63, 3.8) is 0 Å². The third kappa shape index (κ3) is 4.93. The van der Waals surface area contributed by atoms with Crippen LogP contribution in [0.3, 0.4) is 0 Å². The van der Waals surface area contributed by atoms with Gasteiger partial charge in [-0.25, -0.2) is 4.98 Å². The molecule has 0 spiro atoms. The minimum atomic E-state index is -1.30. The molecule has 0 bridgehead atoms. The Morgan fingerprint density at radius 2 is 1.87 bits per heavy atom. The zero-order chi connectivity index (χ0) is 27.1. The van der Waals surface area contributed by atoms with Gasteiger partial charge in [0, 0.05) is 17.4 Å². The van der Waals surface area contributed by atoms with Crippen molar-refractivity contribution >= 4 is 23.4 Å². The predicted octanol–water partition coefficient (Wildman–Crippen LogP) is 3.62. The Labute approximate surface area is 219 Å². The summed E-state index contributed by atoms with van der Waals surface area (Å²) in [6.45, 7) is 6.80. The first-order valence-electron chi connectivity index (χ1n) is 12.2. The van der Waals surface area contributed by atoms with Crippen LogP contribution in [0.1, 0.15) is 61.0 Å². The number of aliphatic hydroxyl groups is 2. The van der Waals surface area contributed by atoms with Gasteiger partial charge in [-0.3, -0.25) is 4.79 Å². The van der Waals surface area contributed by atoms with E-state index in [1.54, 1.807) is 26.0 Å². The van der Waals surface area contributed by atoms with E-state index in [2.05, 4.69) is 36.1 Å². The minimum absolute atomic E-state index is 0.107. The topological polar surface area (TPSA) is 158 Å². The molecule has 5 N–H and O–H groups in total. The van der Waals surface area contributed by atoms with E-state index in [1.165, 1.54) is 6.20 Å². The maximum Gasteiger partial charge on any atom is 0.263 e. The summed E-state index contributed by atoms with van der Waals surface area (Å²) in [4.78, 5) is 25.7. The molecule has 0 radical (unpaired) electrons. The van der Waals surface area contributed by atoms with Gasteiger partial charge in [0.25, 0.3) is 11.8 Å². The average molecular weight is 516 g/mol. The fourth-order valence-corrected chi connectivity index (χ4v) is 4.26. The van der Waals surface area contributed by atoms with Gasteiger partial charge in [-0.1, -0.05) is 35.5 Å².